The van der Waals surface area contributed by atoms with Crippen LogP contribution in [0.3, 0.4) is 0 Å². The van der Waals surface area contributed by atoms with Crippen molar-refractivity contribution in [3.05, 3.63) is 53.2 Å². The maximum atomic E-state index is 12.0. The largest absolute Gasteiger partial charge is 0.484 e. The number of ether oxygens (including phenoxy) is 1. The lowest BCUT2D eigenvalue weighted by Crippen LogP contribution is -2.20. The Labute approximate surface area is 144 Å². The van der Waals surface area contributed by atoms with Crippen LogP contribution in [0, 0.1) is 13.8 Å². The van der Waals surface area contributed by atoms with E-state index in [0.717, 1.165) is 17.0 Å². The fourth-order valence-electron chi connectivity index (χ4n) is 2.39. The van der Waals surface area contributed by atoms with Crippen LogP contribution >= 0.6 is 11.3 Å². The number of carbonyl (C=O) groups excluding carboxylic acids is 1. The van der Waals surface area contributed by atoms with Crippen molar-refractivity contribution in [3.8, 4) is 17.0 Å². The zero-order valence-corrected chi connectivity index (χ0v) is 14.7. The number of para-hydroxylation sites is 1. The van der Waals surface area contributed by atoms with Crippen molar-refractivity contribution in [2.45, 2.75) is 13.8 Å². The number of benzene rings is 1. The van der Waals surface area contributed by atoms with Gasteiger partial charge in [-0.3, -0.25) is 10.1 Å². The van der Waals surface area contributed by atoms with Crippen molar-refractivity contribution in [2.75, 3.05) is 11.9 Å². The standard InChI is InChI=1S/C18H19N3O2S/c1-12-9-15(13(2)21(12)3)16-11-24-18(19-16)20-17(22)10-23-14-7-5-4-6-8-14/h4-9,11H,10H2,1-3H3,(H,19,20,22). The average molecular weight is 341 g/mol. The molecule has 6 heteroatoms. The maximum absolute atomic E-state index is 12.0. The smallest absolute Gasteiger partial charge is 0.264 e. The van der Waals surface area contributed by atoms with Crippen LogP contribution in [-0.2, 0) is 11.8 Å². The summed E-state index contributed by atoms with van der Waals surface area (Å²) in [5.74, 6) is 0.448. The molecule has 2 aromatic heterocycles. The lowest BCUT2D eigenvalue weighted by molar-refractivity contribution is -0.118. The summed E-state index contributed by atoms with van der Waals surface area (Å²) >= 11 is 1.41. The summed E-state index contributed by atoms with van der Waals surface area (Å²) in [4.78, 5) is 16.5. The van der Waals surface area contributed by atoms with E-state index in [2.05, 4.69) is 34.8 Å². The van der Waals surface area contributed by atoms with Gasteiger partial charge in [-0.2, -0.15) is 0 Å². The highest BCUT2D eigenvalue weighted by Gasteiger charge is 2.13. The molecule has 0 bridgehead atoms. The molecule has 0 aliphatic heterocycles. The number of nitrogens with zero attached hydrogens (tertiary/aromatic N) is 2. The molecule has 0 fully saturated rings. The van der Waals surface area contributed by atoms with Gasteiger partial charge in [-0.15, -0.1) is 11.3 Å². The minimum atomic E-state index is -0.222. The van der Waals surface area contributed by atoms with Gasteiger partial charge in [0.25, 0.3) is 5.91 Å². The number of carbonyl (C=O) groups is 1. The van der Waals surface area contributed by atoms with E-state index in [1.807, 2.05) is 42.8 Å². The van der Waals surface area contributed by atoms with Gasteiger partial charge in [0, 0.05) is 29.4 Å². The highest BCUT2D eigenvalue weighted by Crippen LogP contribution is 2.29. The molecular formula is C18H19N3O2S. The van der Waals surface area contributed by atoms with E-state index >= 15 is 0 Å². The number of aryl methyl sites for hydroxylation is 1. The van der Waals surface area contributed by atoms with Gasteiger partial charge in [0.1, 0.15) is 5.75 Å². The lowest BCUT2D eigenvalue weighted by atomic mass is 10.2. The number of nitrogens with one attached hydrogen (secondary N) is 1. The highest BCUT2D eigenvalue weighted by atomic mass is 32.1. The molecule has 5 nitrogen and oxygen atoms in total. The van der Waals surface area contributed by atoms with Gasteiger partial charge in [0.05, 0.1) is 5.69 Å². The Kier molecular flexibility index (Phi) is 4.66. The fraction of sp³-hybridized carbons (Fsp3) is 0.222. The molecule has 124 valence electrons. The second-order valence-electron chi connectivity index (χ2n) is 5.53. The average Bonchev–Trinajstić information content (AvgIpc) is 3.14. The van der Waals surface area contributed by atoms with Gasteiger partial charge in [-0.05, 0) is 32.0 Å². The Morgan fingerprint density at radius 2 is 2.04 bits per heavy atom. The van der Waals surface area contributed by atoms with Crippen LogP contribution in [0.1, 0.15) is 11.4 Å². The lowest BCUT2D eigenvalue weighted by Gasteiger charge is -2.05. The Hall–Kier alpha value is -2.60. The van der Waals surface area contributed by atoms with Gasteiger partial charge in [-0.25, -0.2) is 4.98 Å². The zero-order chi connectivity index (χ0) is 17.1. The summed E-state index contributed by atoms with van der Waals surface area (Å²) in [5, 5.41) is 5.31. The molecule has 1 amide bonds. The van der Waals surface area contributed by atoms with Gasteiger partial charge >= 0.3 is 0 Å². The van der Waals surface area contributed by atoms with Crippen LogP contribution in [0.2, 0.25) is 0 Å². The molecule has 3 aromatic rings. The van der Waals surface area contributed by atoms with Gasteiger partial charge in [-0.1, -0.05) is 18.2 Å². The first-order valence-corrected chi connectivity index (χ1v) is 8.49. The third-order valence-electron chi connectivity index (χ3n) is 3.91. The van der Waals surface area contributed by atoms with Crippen molar-refractivity contribution in [3.63, 3.8) is 0 Å². The molecule has 0 saturated heterocycles. The van der Waals surface area contributed by atoms with E-state index in [9.17, 15) is 4.79 Å². The van der Waals surface area contributed by atoms with Crippen LogP contribution in [0.4, 0.5) is 5.13 Å². The Morgan fingerprint density at radius 1 is 1.29 bits per heavy atom. The summed E-state index contributed by atoms with van der Waals surface area (Å²) < 4.78 is 7.56. The summed E-state index contributed by atoms with van der Waals surface area (Å²) in [5.41, 5.74) is 4.30. The molecule has 3 rings (SSSR count). The van der Waals surface area contributed by atoms with Gasteiger partial charge < -0.3 is 9.30 Å². The SMILES string of the molecule is Cc1cc(-c2csc(NC(=O)COc3ccccc3)n2)c(C)n1C. The molecule has 24 heavy (non-hydrogen) atoms. The van der Waals surface area contributed by atoms with E-state index < -0.39 is 0 Å². The van der Waals surface area contributed by atoms with Crippen molar-refractivity contribution < 1.29 is 9.53 Å². The molecule has 0 saturated carbocycles. The van der Waals surface area contributed by atoms with Crippen LogP contribution in [0.15, 0.2) is 41.8 Å². The highest BCUT2D eigenvalue weighted by molar-refractivity contribution is 7.14. The molecule has 1 N–H and O–H groups in total. The van der Waals surface area contributed by atoms with E-state index in [1.165, 1.54) is 17.0 Å². The molecule has 1 aromatic carbocycles. The summed E-state index contributed by atoms with van der Waals surface area (Å²) in [7, 11) is 2.03. The molecule has 0 aliphatic carbocycles. The fourth-order valence-corrected chi connectivity index (χ4v) is 3.12. The monoisotopic (exact) mass is 341 g/mol. The third-order valence-corrected chi connectivity index (χ3v) is 4.67. The van der Waals surface area contributed by atoms with Crippen LogP contribution in [0.5, 0.6) is 5.75 Å². The first-order valence-electron chi connectivity index (χ1n) is 7.61. The number of thiazole rings is 1. The summed E-state index contributed by atoms with van der Waals surface area (Å²) in [6, 6.07) is 11.4. The molecule has 0 aliphatic rings. The van der Waals surface area contributed by atoms with Crippen molar-refractivity contribution in [1.82, 2.24) is 9.55 Å². The van der Waals surface area contributed by atoms with E-state index in [4.69, 9.17) is 4.74 Å². The number of aromatic nitrogens is 2. The topological polar surface area (TPSA) is 56.1 Å². The zero-order valence-electron chi connectivity index (χ0n) is 13.9. The predicted molar refractivity (Wildman–Crippen MR) is 96.6 cm³/mol. The molecule has 0 spiro atoms. The van der Waals surface area contributed by atoms with Crippen molar-refractivity contribution >= 4 is 22.4 Å². The van der Waals surface area contributed by atoms with Gasteiger partial charge in [0.2, 0.25) is 0 Å². The maximum Gasteiger partial charge on any atom is 0.264 e. The summed E-state index contributed by atoms with van der Waals surface area (Å²) in [6.07, 6.45) is 0. The molecule has 0 radical (unpaired) electrons. The Balaban J connectivity index is 1.63. The second kappa shape index (κ2) is 6.88. The van der Waals surface area contributed by atoms with Crippen molar-refractivity contribution in [2.24, 2.45) is 7.05 Å². The molecule has 0 atom stereocenters. The van der Waals surface area contributed by atoms with E-state index in [0.29, 0.717) is 10.9 Å². The van der Waals surface area contributed by atoms with Crippen LogP contribution < -0.4 is 10.1 Å². The van der Waals surface area contributed by atoms with Crippen molar-refractivity contribution in [1.29, 1.82) is 0 Å². The van der Waals surface area contributed by atoms with E-state index in [-0.39, 0.29) is 12.5 Å². The first-order chi connectivity index (χ1) is 11.5. The quantitative estimate of drug-likeness (QED) is 0.768. The Bertz CT molecular complexity index is 853. The van der Waals surface area contributed by atoms with Gasteiger partial charge in [0.15, 0.2) is 11.7 Å². The first kappa shape index (κ1) is 16.3. The second-order valence-corrected chi connectivity index (χ2v) is 6.39. The normalized spacial score (nSPS) is 10.6. The van der Waals surface area contributed by atoms with Crippen LogP contribution in [0.25, 0.3) is 11.3 Å². The number of hydrogen-bond acceptors (Lipinski definition) is 4. The summed E-state index contributed by atoms with van der Waals surface area (Å²) in [6.45, 7) is 4.09. The number of rotatable bonds is 5. The predicted octanol–water partition coefficient (Wildman–Crippen LogP) is 3.78. The third kappa shape index (κ3) is 3.49. The molecule has 2 heterocycles. The molecular weight excluding hydrogens is 322 g/mol. The number of anilines is 1. The minimum absolute atomic E-state index is 0.0393. The van der Waals surface area contributed by atoms with E-state index in [1.54, 1.807) is 0 Å². The van der Waals surface area contributed by atoms with Crippen LogP contribution in [-0.4, -0.2) is 22.1 Å². The Morgan fingerprint density at radius 3 is 2.71 bits per heavy atom. The number of hydrogen-bond donors (Lipinski definition) is 1. The molecule has 0 unspecified atom stereocenters. The number of amides is 1. The minimum Gasteiger partial charge on any atom is -0.484 e.